The van der Waals surface area contributed by atoms with E-state index >= 15 is 0 Å². The molecule has 3 aromatic rings. The van der Waals surface area contributed by atoms with Crippen LogP contribution in [0.15, 0.2) is 60.8 Å². The van der Waals surface area contributed by atoms with E-state index < -0.39 is 17.9 Å². The molecule has 4 N–H and O–H groups in total. The summed E-state index contributed by atoms with van der Waals surface area (Å²) in [5.74, 6) is 1.38. The Bertz CT molecular complexity index is 1440. The zero-order chi connectivity index (χ0) is 29.8. The molecule has 0 spiro atoms. The number of amides is 3. The van der Waals surface area contributed by atoms with Crippen LogP contribution in [0.3, 0.4) is 0 Å². The molecule has 2 fully saturated rings. The van der Waals surface area contributed by atoms with Crippen LogP contribution >= 0.6 is 0 Å². The number of carbonyl (C=O) groups excluding carboxylic acids is 3. The molecule has 220 valence electrons. The number of nitrogens with zero attached hydrogens (tertiary/aromatic N) is 2. The van der Waals surface area contributed by atoms with Crippen LogP contribution in [0, 0.1) is 12.8 Å². The van der Waals surface area contributed by atoms with Crippen molar-refractivity contribution < 1.29 is 23.9 Å². The van der Waals surface area contributed by atoms with Crippen molar-refractivity contribution in [2.75, 3.05) is 25.7 Å². The maximum atomic E-state index is 13.1. The standard InChI is InChI=1S/C32H37N5O5/c1-19-25(7-4-8-27(19)42-3)32(40)35-23-16-21-6-5-15-37(26(21)17-23)28-14-11-22(18-34-28)31(39)36-29(30(33)38)20-9-12-24(41-2)13-10-20/h4,7-14,18,21,23,26,29H,5-6,15-17H2,1-3H3,(H2,33,38)(H,35,40)(H,36,39)/t21?,23?,26?,29-/m0/s1. The summed E-state index contributed by atoms with van der Waals surface area (Å²) in [6.07, 6.45) is 5.40. The Labute approximate surface area is 245 Å². The lowest BCUT2D eigenvalue weighted by Gasteiger charge is -2.38. The summed E-state index contributed by atoms with van der Waals surface area (Å²) < 4.78 is 10.5. The Hall–Kier alpha value is -4.60. The highest BCUT2D eigenvalue weighted by Crippen LogP contribution is 2.39. The van der Waals surface area contributed by atoms with E-state index in [9.17, 15) is 14.4 Å². The number of methoxy groups -OCH3 is 2. The van der Waals surface area contributed by atoms with Gasteiger partial charge in [0, 0.05) is 36.0 Å². The predicted octanol–water partition coefficient (Wildman–Crippen LogP) is 3.54. The number of anilines is 1. The molecule has 5 rings (SSSR count). The van der Waals surface area contributed by atoms with Gasteiger partial charge < -0.3 is 30.7 Å². The van der Waals surface area contributed by atoms with Gasteiger partial charge in [0.25, 0.3) is 11.8 Å². The zero-order valence-corrected chi connectivity index (χ0v) is 24.1. The van der Waals surface area contributed by atoms with Gasteiger partial charge in [-0.25, -0.2) is 4.98 Å². The van der Waals surface area contributed by atoms with E-state index in [1.54, 1.807) is 44.6 Å². The van der Waals surface area contributed by atoms with Gasteiger partial charge in [-0.1, -0.05) is 18.2 Å². The van der Waals surface area contributed by atoms with Crippen molar-refractivity contribution in [3.8, 4) is 11.5 Å². The van der Waals surface area contributed by atoms with Crippen molar-refractivity contribution in [2.24, 2.45) is 11.7 Å². The number of hydrogen-bond donors (Lipinski definition) is 3. The van der Waals surface area contributed by atoms with Gasteiger partial charge in [0.2, 0.25) is 5.91 Å². The third-order valence-electron chi connectivity index (χ3n) is 8.43. The SMILES string of the molecule is COc1ccc([C@H](NC(=O)c2ccc(N3CCCC4CC(NC(=O)c5cccc(OC)c5C)CC43)nc2)C(N)=O)cc1. The molecule has 0 radical (unpaired) electrons. The fraction of sp³-hybridized carbons (Fsp3) is 0.375. The quantitative estimate of drug-likeness (QED) is 0.357. The number of piperidine rings is 1. The van der Waals surface area contributed by atoms with Crippen LogP contribution < -0.4 is 30.7 Å². The average Bonchev–Trinajstić information content (AvgIpc) is 3.42. The summed E-state index contributed by atoms with van der Waals surface area (Å²) >= 11 is 0. The van der Waals surface area contributed by atoms with Crippen LogP contribution in [-0.4, -0.2) is 55.6 Å². The molecule has 1 aliphatic heterocycles. The summed E-state index contributed by atoms with van der Waals surface area (Å²) in [5.41, 5.74) is 7.94. The van der Waals surface area contributed by atoms with Crippen LogP contribution in [0.25, 0.3) is 0 Å². The molecule has 1 saturated carbocycles. The van der Waals surface area contributed by atoms with E-state index in [4.69, 9.17) is 15.2 Å². The van der Waals surface area contributed by atoms with Gasteiger partial charge in [-0.05, 0) is 80.5 Å². The molecule has 2 heterocycles. The zero-order valence-electron chi connectivity index (χ0n) is 24.1. The molecule has 3 unspecified atom stereocenters. The summed E-state index contributed by atoms with van der Waals surface area (Å²) in [6, 6.07) is 15.2. The number of primary amides is 1. The minimum atomic E-state index is -0.989. The van der Waals surface area contributed by atoms with E-state index in [-0.39, 0.29) is 18.0 Å². The summed E-state index contributed by atoms with van der Waals surface area (Å²) in [6.45, 7) is 2.75. The normalized spacial score (nSPS) is 20.3. The Morgan fingerprint density at radius 1 is 1.00 bits per heavy atom. The molecule has 10 nitrogen and oxygen atoms in total. The van der Waals surface area contributed by atoms with Gasteiger partial charge >= 0.3 is 0 Å². The molecule has 1 saturated heterocycles. The molecule has 42 heavy (non-hydrogen) atoms. The summed E-state index contributed by atoms with van der Waals surface area (Å²) in [4.78, 5) is 45.2. The van der Waals surface area contributed by atoms with Crippen LogP contribution in [0.1, 0.15) is 63.6 Å². The van der Waals surface area contributed by atoms with Crippen LogP contribution in [0.4, 0.5) is 5.82 Å². The number of aromatic nitrogens is 1. The molecule has 2 aromatic carbocycles. The first-order valence-electron chi connectivity index (χ1n) is 14.2. The number of fused-ring (bicyclic) bond motifs is 1. The van der Waals surface area contributed by atoms with Crippen molar-refractivity contribution in [2.45, 2.75) is 50.7 Å². The van der Waals surface area contributed by atoms with Gasteiger partial charge in [-0.3, -0.25) is 14.4 Å². The molecular formula is C32H37N5O5. The van der Waals surface area contributed by atoms with Crippen molar-refractivity contribution in [3.63, 3.8) is 0 Å². The number of ether oxygens (including phenoxy) is 2. The second-order valence-electron chi connectivity index (χ2n) is 10.9. The maximum Gasteiger partial charge on any atom is 0.253 e. The van der Waals surface area contributed by atoms with E-state index in [0.29, 0.717) is 34.1 Å². The van der Waals surface area contributed by atoms with E-state index in [0.717, 1.165) is 43.6 Å². The number of carbonyl (C=O) groups is 3. The molecule has 1 aromatic heterocycles. The van der Waals surface area contributed by atoms with Gasteiger partial charge in [0.05, 0.1) is 19.8 Å². The van der Waals surface area contributed by atoms with Crippen LogP contribution in [0.2, 0.25) is 0 Å². The molecule has 0 bridgehead atoms. The third-order valence-corrected chi connectivity index (χ3v) is 8.43. The molecular weight excluding hydrogens is 534 g/mol. The first-order chi connectivity index (χ1) is 20.3. The van der Waals surface area contributed by atoms with Crippen molar-refractivity contribution in [1.29, 1.82) is 0 Å². The largest absolute Gasteiger partial charge is 0.497 e. The van der Waals surface area contributed by atoms with Gasteiger partial charge in [-0.2, -0.15) is 0 Å². The molecule has 2 aliphatic rings. The lowest BCUT2D eigenvalue weighted by atomic mass is 9.92. The van der Waals surface area contributed by atoms with E-state index in [1.807, 2.05) is 31.2 Å². The Kier molecular flexibility index (Phi) is 8.61. The summed E-state index contributed by atoms with van der Waals surface area (Å²) in [5, 5.41) is 5.96. The van der Waals surface area contributed by atoms with Crippen LogP contribution in [-0.2, 0) is 4.79 Å². The molecule has 10 heteroatoms. The minimum Gasteiger partial charge on any atom is -0.497 e. The lowest BCUT2D eigenvalue weighted by Crippen LogP contribution is -2.43. The number of nitrogens with two attached hydrogens (primary N) is 1. The molecule has 1 aliphatic carbocycles. The Morgan fingerprint density at radius 3 is 2.45 bits per heavy atom. The predicted molar refractivity (Wildman–Crippen MR) is 159 cm³/mol. The van der Waals surface area contributed by atoms with E-state index in [1.165, 1.54) is 6.20 Å². The number of nitrogens with one attached hydrogen (secondary N) is 2. The number of hydrogen-bond acceptors (Lipinski definition) is 7. The van der Waals surface area contributed by atoms with Gasteiger partial charge in [0.1, 0.15) is 23.4 Å². The van der Waals surface area contributed by atoms with Crippen molar-refractivity contribution in [1.82, 2.24) is 15.6 Å². The molecule has 3 amide bonds. The van der Waals surface area contributed by atoms with Gasteiger partial charge in [0.15, 0.2) is 0 Å². The lowest BCUT2D eigenvalue weighted by molar-refractivity contribution is -0.120. The first kappa shape index (κ1) is 28.9. The number of rotatable bonds is 9. The second-order valence-corrected chi connectivity index (χ2v) is 10.9. The monoisotopic (exact) mass is 571 g/mol. The Morgan fingerprint density at radius 2 is 1.79 bits per heavy atom. The fourth-order valence-electron chi connectivity index (χ4n) is 6.25. The highest BCUT2D eigenvalue weighted by Gasteiger charge is 2.41. The topological polar surface area (TPSA) is 136 Å². The number of pyridine rings is 1. The highest BCUT2D eigenvalue weighted by atomic mass is 16.5. The summed E-state index contributed by atoms with van der Waals surface area (Å²) in [7, 11) is 3.16. The Balaban J connectivity index is 1.24. The second kappa shape index (κ2) is 12.5. The fourth-order valence-corrected chi connectivity index (χ4v) is 6.25. The number of benzene rings is 2. The average molecular weight is 572 g/mol. The van der Waals surface area contributed by atoms with Crippen molar-refractivity contribution in [3.05, 3.63) is 83.0 Å². The third kappa shape index (κ3) is 6.02. The van der Waals surface area contributed by atoms with Crippen LogP contribution in [0.5, 0.6) is 11.5 Å². The van der Waals surface area contributed by atoms with Gasteiger partial charge in [-0.15, -0.1) is 0 Å². The van der Waals surface area contributed by atoms with Crippen molar-refractivity contribution >= 4 is 23.5 Å². The minimum absolute atomic E-state index is 0.0624. The smallest absolute Gasteiger partial charge is 0.253 e. The first-order valence-corrected chi connectivity index (χ1v) is 14.2. The maximum absolute atomic E-state index is 13.1. The molecule has 4 atom stereocenters. The highest BCUT2D eigenvalue weighted by molar-refractivity contribution is 5.97. The van der Waals surface area contributed by atoms with E-state index in [2.05, 4.69) is 20.5 Å².